The molecule has 0 aliphatic carbocycles. The molecule has 1 N–H and O–H groups in total. The molecule has 1 aliphatic rings. The largest absolute Gasteiger partial charge is 0.351 e. The smallest absolute Gasteiger partial charge is 0.244 e. The fourth-order valence-electron chi connectivity index (χ4n) is 2.85. The summed E-state index contributed by atoms with van der Waals surface area (Å²) < 4.78 is 26.7. The SMILES string of the molecule is O=C(CSc1ccc(S(=O)(=O)N2CCCCC2)cn1)NCc1ccccc1. The highest BCUT2D eigenvalue weighted by Crippen LogP contribution is 2.22. The van der Waals surface area contributed by atoms with Crippen LogP contribution in [0.5, 0.6) is 0 Å². The van der Waals surface area contributed by atoms with Gasteiger partial charge < -0.3 is 5.32 Å². The Morgan fingerprint density at radius 3 is 2.48 bits per heavy atom. The van der Waals surface area contributed by atoms with Crippen LogP contribution in [0.4, 0.5) is 0 Å². The molecule has 1 aromatic carbocycles. The van der Waals surface area contributed by atoms with Crippen LogP contribution in [0.15, 0.2) is 58.6 Å². The standard InChI is InChI=1S/C19H23N3O3S2/c23-18(20-13-16-7-3-1-4-8-16)15-26-19-10-9-17(14-21-19)27(24,25)22-11-5-2-6-12-22/h1,3-4,7-10,14H,2,5-6,11-13,15H2,(H,20,23). The van der Waals surface area contributed by atoms with E-state index in [0.717, 1.165) is 24.8 Å². The first-order chi connectivity index (χ1) is 13.1. The van der Waals surface area contributed by atoms with Crippen LogP contribution in [-0.2, 0) is 21.4 Å². The third-order valence-electron chi connectivity index (χ3n) is 4.35. The number of nitrogens with zero attached hydrogens (tertiary/aromatic N) is 2. The van der Waals surface area contributed by atoms with Crippen LogP contribution < -0.4 is 5.32 Å². The lowest BCUT2D eigenvalue weighted by atomic mass is 10.2. The molecule has 3 rings (SSSR count). The van der Waals surface area contributed by atoms with Crippen molar-refractivity contribution in [2.45, 2.75) is 35.7 Å². The van der Waals surface area contributed by atoms with Crippen LogP contribution in [0.2, 0.25) is 0 Å². The van der Waals surface area contributed by atoms with E-state index in [4.69, 9.17) is 0 Å². The number of carbonyl (C=O) groups is 1. The number of sulfonamides is 1. The minimum absolute atomic E-state index is 0.0873. The molecule has 0 bridgehead atoms. The van der Waals surface area contributed by atoms with Crippen LogP contribution >= 0.6 is 11.8 Å². The van der Waals surface area contributed by atoms with Crippen molar-refractivity contribution >= 4 is 27.7 Å². The number of rotatable bonds is 7. The molecule has 1 fully saturated rings. The number of aromatic nitrogens is 1. The lowest BCUT2D eigenvalue weighted by molar-refractivity contribution is -0.118. The van der Waals surface area contributed by atoms with E-state index in [2.05, 4.69) is 10.3 Å². The molecule has 1 amide bonds. The van der Waals surface area contributed by atoms with E-state index < -0.39 is 10.0 Å². The minimum Gasteiger partial charge on any atom is -0.351 e. The summed E-state index contributed by atoms with van der Waals surface area (Å²) in [6.07, 6.45) is 4.26. The quantitative estimate of drug-likeness (QED) is 0.717. The number of benzene rings is 1. The van der Waals surface area contributed by atoms with Gasteiger partial charge in [0.25, 0.3) is 0 Å². The Balaban J connectivity index is 1.50. The predicted molar refractivity (Wildman–Crippen MR) is 106 cm³/mol. The Hall–Kier alpha value is -1.90. The van der Waals surface area contributed by atoms with Crippen molar-refractivity contribution in [2.75, 3.05) is 18.8 Å². The number of amides is 1. The van der Waals surface area contributed by atoms with Gasteiger partial charge in [0.2, 0.25) is 15.9 Å². The van der Waals surface area contributed by atoms with Gasteiger partial charge in [-0.1, -0.05) is 48.5 Å². The normalized spacial score (nSPS) is 15.4. The predicted octanol–water partition coefficient (Wildman–Crippen LogP) is 2.66. The average molecular weight is 406 g/mol. The Bertz CT molecular complexity index is 850. The summed E-state index contributed by atoms with van der Waals surface area (Å²) in [5, 5.41) is 3.49. The molecular weight excluding hydrogens is 382 g/mol. The summed E-state index contributed by atoms with van der Waals surface area (Å²) in [7, 11) is -3.47. The molecule has 6 nitrogen and oxygen atoms in total. The second kappa shape index (κ2) is 9.34. The molecule has 144 valence electrons. The van der Waals surface area contributed by atoms with Crippen molar-refractivity contribution in [3.63, 3.8) is 0 Å². The highest BCUT2D eigenvalue weighted by Gasteiger charge is 2.26. The summed E-state index contributed by atoms with van der Waals surface area (Å²) in [5.74, 6) is 0.147. The van der Waals surface area contributed by atoms with Crippen molar-refractivity contribution < 1.29 is 13.2 Å². The topological polar surface area (TPSA) is 79.4 Å². The Kier molecular flexibility index (Phi) is 6.87. The molecule has 1 saturated heterocycles. The monoisotopic (exact) mass is 405 g/mol. The highest BCUT2D eigenvalue weighted by atomic mass is 32.2. The van der Waals surface area contributed by atoms with Gasteiger partial charge in [-0.2, -0.15) is 4.31 Å². The zero-order chi connectivity index (χ0) is 19.1. The Labute approximate surface area is 164 Å². The van der Waals surface area contributed by atoms with Crippen molar-refractivity contribution in [1.82, 2.24) is 14.6 Å². The van der Waals surface area contributed by atoms with Crippen LogP contribution in [0.25, 0.3) is 0 Å². The second-order valence-electron chi connectivity index (χ2n) is 6.35. The van der Waals surface area contributed by atoms with E-state index in [1.165, 1.54) is 22.3 Å². The second-order valence-corrected chi connectivity index (χ2v) is 9.28. The van der Waals surface area contributed by atoms with Gasteiger partial charge in [0.1, 0.15) is 4.90 Å². The first-order valence-electron chi connectivity index (χ1n) is 8.95. The zero-order valence-electron chi connectivity index (χ0n) is 15.0. The maximum atomic E-state index is 12.6. The molecular formula is C19H23N3O3S2. The summed E-state index contributed by atoms with van der Waals surface area (Å²) in [5.41, 5.74) is 1.04. The maximum absolute atomic E-state index is 12.6. The molecule has 2 aromatic rings. The minimum atomic E-state index is -3.47. The number of hydrogen-bond donors (Lipinski definition) is 1. The number of thioether (sulfide) groups is 1. The summed E-state index contributed by atoms with van der Waals surface area (Å²) >= 11 is 1.29. The number of pyridine rings is 1. The number of nitrogens with one attached hydrogen (secondary N) is 1. The highest BCUT2D eigenvalue weighted by molar-refractivity contribution is 7.99. The lowest BCUT2D eigenvalue weighted by Crippen LogP contribution is -2.35. The van der Waals surface area contributed by atoms with Gasteiger partial charge in [-0.15, -0.1) is 0 Å². The van der Waals surface area contributed by atoms with E-state index in [-0.39, 0.29) is 16.6 Å². The molecule has 2 heterocycles. The van der Waals surface area contributed by atoms with Crippen LogP contribution in [0.1, 0.15) is 24.8 Å². The van der Waals surface area contributed by atoms with Gasteiger partial charge in [-0.25, -0.2) is 13.4 Å². The number of hydrogen-bond acceptors (Lipinski definition) is 5. The number of carbonyl (C=O) groups excluding carboxylic acids is 1. The van der Waals surface area contributed by atoms with Gasteiger partial charge in [0.15, 0.2) is 0 Å². The van der Waals surface area contributed by atoms with E-state index in [1.807, 2.05) is 30.3 Å². The summed E-state index contributed by atoms with van der Waals surface area (Å²) in [6.45, 7) is 1.63. The molecule has 0 atom stereocenters. The van der Waals surface area contributed by atoms with Gasteiger partial charge >= 0.3 is 0 Å². The molecule has 1 aromatic heterocycles. The van der Waals surface area contributed by atoms with Crippen molar-refractivity contribution in [1.29, 1.82) is 0 Å². The van der Waals surface area contributed by atoms with E-state index in [0.29, 0.717) is 24.7 Å². The maximum Gasteiger partial charge on any atom is 0.244 e. The van der Waals surface area contributed by atoms with Crippen LogP contribution in [-0.4, -0.2) is 42.5 Å². The van der Waals surface area contributed by atoms with Crippen LogP contribution in [0.3, 0.4) is 0 Å². The summed E-state index contributed by atoms with van der Waals surface area (Å²) in [6, 6.07) is 12.9. The average Bonchev–Trinajstić information content (AvgIpc) is 2.72. The molecule has 0 unspecified atom stereocenters. The van der Waals surface area contributed by atoms with E-state index >= 15 is 0 Å². The number of piperidine rings is 1. The van der Waals surface area contributed by atoms with Gasteiger partial charge in [0.05, 0.1) is 10.8 Å². The van der Waals surface area contributed by atoms with Crippen molar-refractivity contribution in [2.24, 2.45) is 0 Å². The molecule has 0 spiro atoms. The fourth-order valence-corrected chi connectivity index (χ4v) is 4.98. The molecule has 27 heavy (non-hydrogen) atoms. The Morgan fingerprint density at radius 1 is 1.07 bits per heavy atom. The molecule has 1 aliphatic heterocycles. The Morgan fingerprint density at radius 2 is 1.81 bits per heavy atom. The van der Waals surface area contributed by atoms with Crippen molar-refractivity contribution in [3.05, 3.63) is 54.2 Å². The third-order valence-corrected chi connectivity index (χ3v) is 7.17. The molecule has 0 saturated carbocycles. The van der Waals surface area contributed by atoms with Crippen LogP contribution in [0, 0.1) is 0 Å². The van der Waals surface area contributed by atoms with Gasteiger partial charge in [-0.3, -0.25) is 4.79 Å². The van der Waals surface area contributed by atoms with Gasteiger partial charge in [-0.05, 0) is 30.5 Å². The first-order valence-corrected chi connectivity index (χ1v) is 11.4. The van der Waals surface area contributed by atoms with Crippen molar-refractivity contribution in [3.8, 4) is 0 Å². The lowest BCUT2D eigenvalue weighted by Gasteiger charge is -2.25. The van der Waals surface area contributed by atoms with E-state index in [9.17, 15) is 13.2 Å². The molecule has 0 radical (unpaired) electrons. The summed E-state index contributed by atoms with van der Waals surface area (Å²) in [4.78, 5) is 16.4. The first kappa shape index (κ1) is 19.9. The fraction of sp³-hybridized carbons (Fsp3) is 0.368. The molecule has 8 heteroatoms. The zero-order valence-corrected chi connectivity index (χ0v) is 16.6. The van der Waals surface area contributed by atoms with Gasteiger partial charge in [0, 0.05) is 25.8 Å². The third kappa shape index (κ3) is 5.54. The van der Waals surface area contributed by atoms with E-state index in [1.54, 1.807) is 12.1 Å².